The molecule has 1 unspecified atom stereocenters. The van der Waals surface area contributed by atoms with Crippen LogP contribution in [0.5, 0.6) is 0 Å². The second-order valence-corrected chi connectivity index (χ2v) is 5.04. The Morgan fingerprint density at radius 3 is 2.80 bits per heavy atom. The van der Waals surface area contributed by atoms with Gasteiger partial charge in [-0.1, -0.05) is 11.6 Å². The van der Waals surface area contributed by atoms with Gasteiger partial charge >= 0.3 is 0 Å². The smallest absolute Gasteiger partial charge is 0.251 e. The van der Waals surface area contributed by atoms with Crippen molar-refractivity contribution in [3.63, 3.8) is 0 Å². The number of carbonyl (C=O) groups excluding carboxylic acids is 1. The highest BCUT2D eigenvalue weighted by Crippen LogP contribution is 2.19. The number of alkyl halides is 1. The first-order valence-corrected chi connectivity index (χ1v) is 6.35. The van der Waals surface area contributed by atoms with Crippen LogP contribution in [-0.4, -0.2) is 17.8 Å². The molecule has 1 rings (SSSR count). The molecular weight excluding hydrogens is 348 g/mol. The van der Waals surface area contributed by atoms with Crippen LogP contribution in [0.1, 0.15) is 17.3 Å². The van der Waals surface area contributed by atoms with Crippen molar-refractivity contribution in [2.24, 2.45) is 0 Å². The first-order valence-electron chi connectivity index (χ1n) is 4.36. The van der Waals surface area contributed by atoms with E-state index >= 15 is 0 Å². The van der Waals surface area contributed by atoms with Gasteiger partial charge in [0.2, 0.25) is 0 Å². The maximum absolute atomic E-state index is 11.6. The minimum atomic E-state index is -0.151. The van der Waals surface area contributed by atoms with Crippen LogP contribution in [0, 0.1) is 3.57 Å². The van der Waals surface area contributed by atoms with Crippen LogP contribution in [0.4, 0.5) is 0 Å². The number of halogens is 3. The van der Waals surface area contributed by atoms with Crippen LogP contribution >= 0.6 is 45.8 Å². The molecule has 2 nitrogen and oxygen atoms in total. The molecule has 0 saturated heterocycles. The van der Waals surface area contributed by atoms with Crippen LogP contribution in [0.25, 0.3) is 0 Å². The van der Waals surface area contributed by atoms with Crippen LogP contribution in [-0.2, 0) is 0 Å². The fourth-order valence-electron chi connectivity index (χ4n) is 0.983. The molecule has 0 aromatic heterocycles. The molecule has 1 N–H and O–H groups in total. The second kappa shape index (κ2) is 5.92. The van der Waals surface area contributed by atoms with E-state index in [1.807, 2.05) is 13.0 Å². The molecule has 0 bridgehead atoms. The normalized spacial score (nSPS) is 12.3. The van der Waals surface area contributed by atoms with Crippen LogP contribution < -0.4 is 5.32 Å². The third-order valence-corrected chi connectivity index (χ3v) is 3.83. The molecule has 1 aromatic rings. The zero-order valence-electron chi connectivity index (χ0n) is 8.06. The number of benzene rings is 1. The summed E-state index contributed by atoms with van der Waals surface area (Å²) in [5.74, 6) is 0.241. The van der Waals surface area contributed by atoms with Gasteiger partial charge in [-0.15, -0.1) is 11.6 Å². The number of carbonyl (C=O) groups is 1. The topological polar surface area (TPSA) is 29.1 Å². The lowest BCUT2D eigenvalue weighted by Crippen LogP contribution is -2.33. The van der Waals surface area contributed by atoms with Gasteiger partial charge in [-0.05, 0) is 47.7 Å². The van der Waals surface area contributed by atoms with Crippen molar-refractivity contribution in [1.29, 1.82) is 0 Å². The Morgan fingerprint density at radius 1 is 1.60 bits per heavy atom. The summed E-state index contributed by atoms with van der Waals surface area (Å²) in [6.45, 7) is 1.85. The molecule has 5 heteroatoms. The fraction of sp³-hybridized carbons (Fsp3) is 0.300. The Labute approximate surface area is 112 Å². The monoisotopic (exact) mass is 357 g/mol. The first kappa shape index (κ1) is 13.1. The Morgan fingerprint density at radius 2 is 2.27 bits per heavy atom. The van der Waals surface area contributed by atoms with Gasteiger partial charge in [0.1, 0.15) is 0 Å². The summed E-state index contributed by atoms with van der Waals surface area (Å²) in [6, 6.07) is 5.16. The molecule has 0 radical (unpaired) electrons. The van der Waals surface area contributed by atoms with Crippen LogP contribution in [0.15, 0.2) is 18.2 Å². The van der Waals surface area contributed by atoms with Gasteiger partial charge in [0.15, 0.2) is 0 Å². The Balaban J connectivity index is 2.78. The van der Waals surface area contributed by atoms with E-state index in [1.54, 1.807) is 12.1 Å². The molecule has 0 aliphatic heterocycles. The molecule has 0 heterocycles. The van der Waals surface area contributed by atoms with Gasteiger partial charge in [0.25, 0.3) is 5.91 Å². The summed E-state index contributed by atoms with van der Waals surface area (Å²) in [5.41, 5.74) is 0.553. The molecule has 15 heavy (non-hydrogen) atoms. The quantitative estimate of drug-likeness (QED) is 0.652. The summed E-state index contributed by atoms with van der Waals surface area (Å²) in [4.78, 5) is 11.6. The SMILES string of the molecule is CC(CCl)NC(=O)c1ccc(I)c(Cl)c1. The van der Waals surface area contributed by atoms with Crippen molar-refractivity contribution in [3.05, 3.63) is 32.4 Å². The maximum atomic E-state index is 11.6. The maximum Gasteiger partial charge on any atom is 0.251 e. The van der Waals surface area contributed by atoms with Crippen molar-refractivity contribution >= 4 is 51.7 Å². The molecule has 0 spiro atoms. The van der Waals surface area contributed by atoms with Crippen molar-refractivity contribution < 1.29 is 4.79 Å². The zero-order chi connectivity index (χ0) is 11.4. The summed E-state index contributed by atoms with van der Waals surface area (Å²) >= 11 is 13.6. The molecule has 1 atom stereocenters. The second-order valence-electron chi connectivity index (χ2n) is 3.16. The molecule has 1 aromatic carbocycles. The summed E-state index contributed by atoms with van der Waals surface area (Å²) in [6.07, 6.45) is 0. The average molecular weight is 358 g/mol. The fourth-order valence-corrected chi connectivity index (χ4v) is 1.58. The van der Waals surface area contributed by atoms with E-state index < -0.39 is 0 Å². The standard InChI is InChI=1S/C10H10Cl2INO/c1-6(5-11)14-10(15)7-2-3-9(13)8(12)4-7/h2-4,6H,5H2,1H3,(H,14,15). The predicted octanol–water partition coefficient (Wildman–Crippen LogP) is 3.30. The van der Waals surface area contributed by atoms with Gasteiger partial charge in [-0.25, -0.2) is 0 Å². The summed E-state index contributed by atoms with van der Waals surface area (Å²) in [5, 5.41) is 3.35. The van der Waals surface area contributed by atoms with E-state index in [1.165, 1.54) is 0 Å². The molecule has 0 aliphatic rings. The Kier molecular flexibility index (Phi) is 5.15. The van der Waals surface area contributed by atoms with Crippen LogP contribution in [0.2, 0.25) is 5.02 Å². The van der Waals surface area contributed by atoms with E-state index in [2.05, 4.69) is 27.9 Å². The number of rotatable bonds is 3. The van der Waals surface area contributed by atoms with Gasteiger partial charge in [-0.2, -0.15) is 0 Å². The lowest BCUT2D eigenvalue weighted by molar-refractivity contribution is 0.0943. The number of nitrogens with one attached hydrogen (secondary N) is 1. The van der Waals surface area contributed by atoms with Crippen LogP contribution in [0.3, 0.4) is 0 Å². The van der Waals surface area contributed by atoms with Gasteiger partial charge in [0, 0.05) is 21.1 Å². The van der Waals surface area contributed by atoms with Gasteiger partial charge in [-0.3, -0.25) is 4.79 Å². The van der Waals surface area contributed by atoms with Crippen molar-refractivity contribution in [2.75, 3.05) is 5.88 Å². The number of amides is 1. The van der Waals surface area contributed by atoms with E-state index in [4.69, 9.17) is 23.2 Å². The molecule has 82 valence electrons. The lowest BCUT2D eigenvalue weighted by atomic mass is 10.2. The highest BCUT2D eigenvalue weighted by Gasteiger charge is 2.10. The van der Waals surface area contributed by atoms with E-state index in [0.717, 1.165) is 3.57 Å². The molecule has 0 saturated carbocycles. The number of hydrogen-bond donors (Lipinski definition) is 1. The van der Waals surface area contributed by atoms with Gasteiger partial charge in [0.05, 0.1) is 5.02 Å². The highest BCUT2D eigenvalue weighted by molar-refractivity contribution is 14.1. The highest BCUT2D eigenvalue weighted by atomic mass is 127. The van der Waals surface area contributed by atoms with E-state index in [0.29, 0.717) is 16.5 Å². The van der Waals surface area contributed by atoms with Crippen molar-refractivity contribution in [2.45, 2.75) is 13.0 Å². The third kappa shape index (κ3) is 3.81. The van der Waals surface area contributed by atoms with E-state index in [9.17, 15) is 4.79 Å². The summed E-state index contributed by atoms with van der Waals surface area (Å²) in [7, 11) is 0. The van der Waals surface area contributed by atoms with Crippen molar-refractivity contribution in [1.82, 2.24) is 5.32 Å². The minimum Gasteiger partial charge on any atom is -0.348 e. The minimum absolute atomic E-state index is 0.0442. The summed E-state index contributed by atoms with van der Waals surface area (Å²) < 4.78 is 0.927. The predicted molar refractivity (Wildman–Crippen MR) is 71.8 cm³/mol. The Bertz CT molecular complexity index is 370. The average Bonchev–Trinajstić information content (AvgIpc) is 2.21. The first-order chi connectivity index (χ1) is 7.04. The zero-order valence-corrected chi connectivity index (χ0v) is 11.7. The Hall–Kier alpha value is -0.0000000000000000555. The molecular formula is C10H10Cl2INO. The van der Waals surface area contributed by atoms with Gasteiger partial charge < -0.3 is 5.32 Å². The third-order valence-electron chi connectivity index (χ3n) is 1.79. The number of hydrogen-bond acceptors (Lipinski definition) is 1. The molecule has 0 aliphatic carbocycles. The molecule has 1 amide bonds. The van der Waals surface area contributed by atoms with E-state index in [-0.39, 0.29) is 11.9 Å². The lowest BCUT2D eigenvalue weighted by Gasteiger charge is -2.10. The largest absolute Gasteiger partial charge is 0.348 e. The molecule has 0 fully saturated rings. The van der Waals surface area contributed by atoms with Crippen molar-refractivity contribution in [3.8, 4) is 0 Å².